The summed E-state index contributed by atoms with van der Waals surface area (Å²) in [6.45, 7) is 3.53. The van der Waals surface area contributed by atoms with Crippen LogP contribution in [-0.4, -0.2) is 30.6 Å². The van der Waals surface area contributed by atoms with Crippen molar-refractivity contribution in [2.75, 3.05) is 13.2 Å². The minimum Gasteiger partial charge on any atom is -0.389 e. The number of ether oxygens (including phenoxy) is 1. The molecule has 3 nitrogen and oxygen atoms in total. The van der Waals surface area contributed by atoms with Crippen molar-refractivity contribution in [2.45, 2.75) is 25.7 Å². The Hall–Kier alpha value is -0.120. The molecule has 0 spiro atoms. The molecule has 2 atom stereocenters. The summed E-state index contributed by atoms with van der Waals surface area (Å²) in [6, 6.07) is 0. The van der Waals surface area contributed by atoms with Gasteiger partial charge in [0.2, 0.25) is 0 Å². The predicted octanol–water partition coefficient (Wildman–Crippen LogP) is -0.297. The van der Waals surface area contributed by atoms with E-state index in [4.69, 9.17) is 4.74 Å². The lowest BCUT2D eigenvalue weighted by atomic mass is 10.2. The van der Waals surface area contributed by atoms with Crippen LogP contribution in [0.25, 0.3) is 0 Å². The SMILES string of the molecule is CCC(O)C1NCCO1. The van der Waals surface area contributed by atoms with Crippen LogP contribution in [0.2, 0.25) is 0 Å². The fourth-order valence-corrected chi connectivity index (χ4v) is 0.907. The molecule has 1 fully saturated rings. The van der Waals surface area contributed by atoms with E-state index < -0.39 is 0 Å². The average Bonchev–Trinajstić information content (AvgIpc) is 2.37. The summed E-state index contributed by atoms with van der Waals surface area (Å²) in [4.78, 5) is 0. The first kappa shape index (κ1) is 6.99. The molecule has 2 unspecified atom stereocenters. The van der Waals surface area contributed by atoms with Crippen LogP contribution in [0.3, 0.4) is 0 Å². The minimum atomic E-state index is -0.340. The highest BCUT2D eigenvalue weighted by molar-refractivity contribution is 4.69. The third-order valence-corrected chi connectivity index (χ3v) is 1.51. The second-order valence-electron chi connectivity index (χ2n) is 2.22. The van der Waals surface area contributed by atoms with E-state index in [1.165, 1.54) is 0 Å². The van der Waals surface area contributed by atoms with Gasteiger partial charge < -0.3 is 9.84 Å². The number of hydrogen-bond acceptors (Lipinski definition) is 3. The molecule has 1 aliphatic heterocycles. The second-order valence-corrected chi connectivity index (χ2v) is 2.22. The Labute approximate surface area is 55.0 Å². The van der Waals surface area contributed by atoms with E-state index >= 15 is 0 Å². The molecule has 0 aromatic heterocycles. The van der Waals surface area contributed by atoms with E-state index in [9.17, 15) is 5.11 Å². The molecular formula is C6H13NO2. The van der Waals surface area contributed by atoms with Gasteiger partial charge in [-0.2, -0.15) is 0 Å². The predicted molar refractivity (Wildman–Crippen MR) is 34.0 cm³/mol. The molecule has 0 amide bonds. The van der Waals surface area contributed by atoms with Gasteiger partial charge in [0.15, 0.2) is 0 Å². The van der Waals surface area contributed by atoms with Gasteiger partial charge in [0, 0.05) is 6.54 Å². The number of nitrogens with one attached hydrogen (secondary N) is 1. The Bertz CT molecular complexity index is 81.1. The summed E-state index contributed by atoms with van der Waals surface area (Å²) in [7, 11) is 0. The van der Waals surface area contributed by atoms with Gasteiger partial charge in [-0.25, -0.2) is 0 Å². The lowest BCUT2D eigenvalue weighted by Gasteiger charge is -2.14. The van der Waals surface area contributed by atoms with Gasteiger partial charge in [-0.3, -0.25) is 5.32 Å². The molecule has 2 N–H and O–H groups in total. The molecule has 54 valence electrons. The Morgan fingerprint density at radius 2 is 2.67 bits per heavy atom. The van der Waals surface area contributed by atoms with Crippen LogP contribution in [-0.2, 0) is 4.74 Å². The van der Waals surface area contributed by atoms with Gasteiger partial charge in [-0.05, 0) is 6.42 Å². The van der Waals surface area contributed by atoms with Crippen molar-refractivity contribution in [1.29, 1.82) is 0 Å². The highest BCUT2D eigenvalue weighted by atomic mass is 16.5. The first-order valence-corrected chi connectivity index (χ1v) is 3.37. The summed E-state index contributed by atoms with van der Waals surface area (Å²) in [6.07, 6.45) is 0.292. The molecule has 1 aliphatic rings. The van der Waals surface area contributed by atoms with E-state index in [-0.39, 0.29) is 12.3 Å². The Morgan fingerprint density at radius 3 is 3.11 bits per heavy atom. The molecule has 0 aromatic carbocycles. The second kappa shape index (κ2) is 3.15. The number of aliphatic hydroxyl groups excluding tert-OH is 1. The molecule has 0 bridgehead atoms. The number of aliphatic hydroxyl groups is 1. The smallest absolute Gasteiger partial charge is 0.134 e. The summed E-state index contributed by atoms with van der Waals surface area (Å²) in [5.74, 6) is 0. The first-order chi connectivity index (χ1) is 4.34. The van der Waals surface area contributed by atoms with Crippen molar-refractivity contribution in [3.8, 4) is 0 Å². The van der Waals surface area contributed by atoms with Gasteiger partial charge >= 0.3 is 0 Å². The molecule has 1 saturated heterocycles. The van der Waals surface area contributed by atoms with Gasteiger partial charge in [0.1, 0.15) is 6.23 Å². The maximum absolute atomic E-state index is 9.17. The summed E-state index contributed by atoms with van der Waals surface area (Å²) in [5, 5.41) is 12.2. The molecule has 1 rings (SSSR count). The Morgan fingerprint density at radius 1 is 1.89 bits per heavy atom. The van der Waals surface area contributed by atoms with Crippen molar-refractivity contribution in [1.82, 2.24) is 5.32 Å². The zero-order chi connectivity index (χ0) is 6.69. The van der Waals surface area contributed by atoms with Crippen LogP contribution in [0.4, 0.5) is 0 Å². The van der Waals surface area contributed by atoms with Crippen LogP contribution >= 0.6 is 0 Å². The van der Waals surface area contributed by atoms with Crippen LogP contribution in [0, 0.1) is 0 Å². The Kier molecular flexibility index (Phi) is 2.45. The number of rotatable bonds is 2. The van der Waals surface area contributed by atoms with E-state index in [0.29, 0.717) is 0 Å². The molecule has 3 heteroatoms. The fraction of sp³-hybridized carbons (Fsp3) is 1.00. The minimum absolute atomic E-state index is 0.116. The number of hydrogen-bond donors (Lipinski definition) is 2. The molecule has 0 aliphatic carbocycles. The Balaban J connectivity index is 2.24. The molecule has 0 saturated carbocycles. The zero-order valence-corrected chi connectivity index (χ0v) is 5.63. The average molecular weight is 131 g/mol. The monoisotopic (exact) mass is 131 g/mol. The van der Waals surface area contributed by atoms with Gasteiger partial charge in [-0.15, -0.1) is 0 Å². The zero-order valence-electron chi connectivity index (χ0n) is 5.63. The van der Waals surface area contributed by atoms with Crippen LogP contribution in [0.1, 0.15) is 13.3 Å². The third kappa shape index (κ3) is 1.64. The molecule has 0 radical (unpaired) electrons. The maximum atomic E-state index is 9.17. The molecular weight excluding hydrogens is 118 g/mol. The van der Waals surface area contributed by atoms with Crippen molar-refractivity contribution in [3.05, 3.63) is 0 Å². The quantitative estimate of drug-likeness (QED) is 0.540. The highest BCUT2D eigenvalue weighted by Gasteiger charge is 2.20. The van der Waals surface area contributed by atoms with E-state index in [1.807, 2.05) is 6.92 Å². The largest absolute Gasteiger partial charge is 0.389 e. The summed E-state index contributed by atoms with van der Waals surface area (Å²) < 4.78 is 5.14. The molecule has 9 heavy (non-hydrogen) atoms. The van der Waals surface area contributed by atoms with Gasteiger partial charge in [-0.1, -0.05) is 6.92 Å². The summed E-state index contributed by atoms with van der Waals surface area (Å²) in [5.41, 5.74) is 0. The van der Waals surface area contributed by atoms with Crippen LogP contribution in [0.5, 0.6) is 0 Å². The molecule has 0 aromatic rings. The van der Waals surface area contributed by atoms with E-state index in [2.05, 4.69) is 5.32 Å². The highest BCUT2D eigenvalue weighted by Crippen LogP contribution is 2.03. The molecule has 1 heterocycles. The first-order valence-electron chi connectivity index (χ1n) is 3.37. The lowest BCUT2D eigenvalue weighted by Crippen LogP contribution is -2.35. The normalized spacial score (nSPS) is 30.7. The van der Waals surface area contributed by atoms with E-state index in [0.717, 1.165) is 19.6 Å². The summed E-state index contributed by atoms with van der Waals surface area (Å²) >= 11 is 0. The van der Waals surface area contributed by atoms with Crippen molar-refractivity contribution >= 4 is 0 Å². The van der Waals surface area contributed by atoms with Crippen LogP contribution < -0.4 is 5.32 Å². The van der Waals surface area contributed by atoms with Crippen molar-refractivity contribution in [2.24, 2.45) is 0 Å². The lowest BCUT2D eigenvalue weighted by molar-refractivity contribution is -0.0123. The van der Waals surface area contributed by atoms with Crippen LogP contribution in [0.15, 0.2) is 0 Å². The van der Waals surface area contributed by atoms with Gasteiger partial charge in [0.25, 0.3) is 0 Å². The standard InChI is InChI=1S/C6H13NO2/c1-2-5(8)6-7-3-4-9-6/h5-8H,2-4H2,1H3. The topological polar surface area (TPSA) is 41.5 Å². The maximum Gasteiger partial charge on any atom is 0.134 e. The third-order valence-electron chi connectivity index (χ3n) is 1.51. The van der Waals surface area contributed by atoms with E-state index in [1.54, 1.807) is 0 Å². The van der Waals surface area contributed by atoms with Crippen molar-refractivity contribution < 1.29 is 9.84 Å². The van der Waals surface area contributed by atoms with Gasteiger partial charge in [0.05, 0.1) is 12.7 Å². The fourth-order valence-electron chi connectivity index (χ4n) is 0.907. The van der Waals surface area contributed by atoms with Crippen molar-refractivity contribution in [3.63, 3.8) is 0 Å².